The summed E-state index contributed by atoms with van der Waals surface area (Å²) >= 11 is 0. The van der Waals surface area contributed by atoms with Crippen LogP contribution in [0.15, 0.2) is 10.4 Å². The Morgan fingerprint density at radius 3 is 2.70 bits per heavy atom. The summed E-state index contributed by atoms with van der Waals surface area (Å²) in [4.78, 5) is 10.4. The molecule has 1 heterocycles. The molecule has 0 aromatic carbocycles. The van der Waals surface area contributed by atoms with Crippen molar-refractivity contribution in [2.45, 2.75) is 6.92 Å². The normalized spacial score (nSPS) is 16.5. The molecule has 0 aromatic heterocycles. The number of carbonyl (C=O) groups excluding carboxylic acids is 1. The zero-order chi connectivity index (χ0) is 7.56. The van der Waals surface area contributed by atoms with Crippen molar-refractivity contribution in [3.05, 3.63) is 0 Å². The quantitative estimate of drug-likeness (QED) is 0.558. The zero-order valence-corrected chi connectivity index (χ0v) is 5.69. The lowest BCUT2D eigenvalue weighted by Crippen LogP contribution is -2.33. The van der Waals surface area contributed by atoms with E-state index in [0.29, 0.717) is 6.67 Å². The van der Waals surface area contributed by atoms with Crippen LogP contribution in [0, 0.1) is 0 Å². The second-order valence-electron chi connectivity index (χ2n) is 1.88. The van der Waals surface area contributed by atoms with Crippen LogP contribution in [0.5, 0.6) is 0 Å². The van der Waals surface area contributed by atoms with Crippen LogP contribution in [0.25, 0.3) is 0 Å². The van der Waals surface area contributed by atoms with Gasteiger partial charge in [-0.1, -0.05) is 5.22 Å². The lowest BCUT2D eigenvalue weighted by Gasteiger charge is -2.09. The van der Waals surface area contributed by atoms with E-state index in [2.05, 4.69) is 10.4 Å². The molecule has 6 heteroatoms. The van der Waals surface area contributed by atoms with Gasteiger partial charge in [0.1, 0.15) is 6.67 Å². The predicted octanol–water partition coefficient (Wildman–Crippen LogP) is -0.0577. The molecule has 0 unspecified atom stereocenters. The van der Waals surface area contributed by atoms with Crippen molar-refractivity contribution in [2.24, 2.45) is 16.2 Å². The molecular formula is C4H9N5O. The molecule has 0 saturated heterocycles. The number of nitrogens with zero attached hydrogens (tertiary/aromatic N) is 4. The number of urea groups is 1. The van der Waals surface area contributed by atoms with Crippen molar-refractivity contribution in [3.8, 4) is 0 Å². The molecule has 2 amide bonds. The fourth-order valence-corrected chi connectivity index (χ4v) is 0.593. The molecule has 0 aliphatic carbocycles. The molecular weight excluding hydrogens is 134 g/mol. The standard InChI is InChI=1S/C4H9N5O/c1-2-8-3-9(4(5)10)7-6-8/h2-3H2,1H3,(H2,5,10). The molecule has 0 radical (unpaired) electrons. The summed E-state index contributed by atoms with van der Waals surface area (Å²) in [6.45, 7) is 3.02. The fraction of sp³-hybridized carbons (Fsp3) is 0.750. The van der Waals surface area contributed by atoms with Gasteiger partial charge in [-0.15, -0.1) is 0 Å². The van der Waals surface area contributed by atoms with E-state index in [4.69, 9.17) is 5.73 Å². The third-order valence-electron chi connectivity index (χ3n) is 1.19. The lowest BCUT2D eigenvalue weighted by molar-refractivity contribution is 0.195. The van der Waals surface area contributed by atoms with Crippen LogP contribution in [-0.4, -0.2) is 29.3 Å². The van der Waals surface area contributed by atoms with Crippen molar-refractivity contribution in [2.75, 3.05) is 13.2 Å². The molecule has 2 N–H and O–H groups in total. The lowest BCUT2D eigenvalue weighted by atomic mass is 10.7. The average molecular weight is 143 g/mol. The van der Waals surface area contributed by atoms with E-state index >= 15 is 0 Å². The average Bonchev–Trinajstić information content (AvgIpc) is 2.34. The van der Waals surface area contributed by atoms with E-state index in [0.717, 1.165) is 11.6 Å². The van der Waals surface area contributed by atoms with Crippen LogP contribution in [0.4, 0.5) is 4.79 Å². The Morgan fingerprint density at radius 2 is 2.40 bits per heavy atom. The van der Waals surface area contributed by atoms with E-state index in [1.54, 1.807) is 5.01 Å². The van der Waals surface area contributed by atoms with Gasteiger partial charge >= 0.3 is 6.03 Å². The second kappa shape index (κ2) is 2.51. The molecule has 10 heavy (non-hydrogen) atoms. The maximum Gasteiger partial charge on any atom is 0.338 e. The number of amides is 2. The van der Waals surface area contributed by atoms with Crippen LogP contribution in [-0.2, 0) is 0 Å². The summed E-state index contributed by atoms with van der Waals surface area (Å²) in [5, 5.41) is 9.87. The van der Waals surface area contributed by atoms with E-state index < -0.39 is 6.03 Å². The fourth-order valence-electron chi connectivity index (χ4n) is 0.593. The molecule has 0 atom stereocenters. The molecule has 0 bridgehead atoms. The molecule has 0 fully saturated rings. The number of carbonyl (C=O) groups is 1. The van der Waals surface area contributed by atoms with Crippen LogP contribution >= 0.6 is 0 Å². The first-order chi connectivity index (χ1) is 4.74. The van der Waals surface area contributed by atoms with Crippen molar-refractivity contribution in [1.29, 1.82) is 0 Å². The highest BCUT2D eigenvalue weighted by molar-refractivity contribution is 5.71. The maximum absolute atomic E-state index is 10.4. The number of nitrogens with two attached hydrogens (primary N) is 1. The van der Waals surface area contributed by atoms with Crippen molar-refractivity contribution >= 4 is 6.03 Å². The van der Waals surface area contributed by atoms with Gasteiger partial charge in [-0.3, -0.25) is 5.01 Å². The van der Waals surface area contributed by atoms with E-state index in [-0.39, 0.29) is 0 Å². The van der Waals surface area contributed by atoms with Gasteiger partial charge in [-0.25, -0.2) is 4.79 Å². The molecule has 1 aliphatic heterocycles. The summed E-state index contributed by atoms with van der Waals surface area (Å²) in [6.07, 6.45) is 0. The van der Waals surface area contributed by atoms with Crippen LogP contribution in [0.2, 0.25) is 0 Å². The van der Waals surface area contributed by atoms with E-state index in [9.17, 15) is 4.79 Å². The number of primary amides is 1. The monoisotopic (exact) mass is 143 g/mol. The summed E-state index contributed by atoms with van der Waals surface area (Å²) < 4.78 is 0. The Balaban J connectivity index is 2.45. The molecule has 0 saturated carbocycles. The molecule has 6 nitrogen and oxygen atoms in total. The molecule has 0 spiro atoms. The maximum atomic E-state index is 10.4. The van der Waals surface area contributed by atoms with Gasteiger partial charge in [-0.2, -0.15) is 5.01 Å². The Labute approximate surface area is 58.2 Å². The Kier molecular flexibility index (Phi) is 1.70. The third kappa shape index (κ3) is 1.15. The number of hydrogen-bond donors (Lipinski definition) is 1. The van der Waals surface area contributed by atoms with Gasteiger partial charge in [0.25, 0.3) is 0 Å². The third-order valence-corrected chi connectivity index (χ3v) is 1.19. The van der Waals surface area contributed by atoms with Crippen molar-refractivity contribution < 1.29 is 4.79 Å². The van der Waals surface area contributed by atoms with E-state index in [1.807, 2.05) is 6.92 Å². The Hall–Kier alpha value is -1.33. The van der Waals surface area contributed by atoms with Gasteiger partial charge in [0.05, 0.1) is 0 Å². The van der Waals surface area contributed by atoms with Crippen molar-refractivity contribution in [1.82, 2.24) is 10.0 Å². The van der Waals surface area contributed by atoms with Gasteiger partial charge in [0.15, 0.2) is 0 Å². The predicted molar refractivity (Wildman–Crippen MR) is 33.5 cm³/mol. The van der Waals surface area contributed by atoms with Crippen LogP contribution in [0.3, 0.4) is 0 Å². The summed E-state index contributed by atoms with van der Waals surface area (Å²) in [5.41, 5.74) is 4.92. The molecule has 56 valence electrons. The zero-order valence-electron chi connectivity index (χ0n) is 5.69. The molecule has 1 rings (SSSR count). The van der Waals surface area contributed by atoms with Gasteiger partial charge in [0.2, 0.25) is 0 Å². The largest absolute Gasteiger partial charge is 0.350 e. The molecule has 0 aromatic rings. The summed E-state index contributed by atoms with van der Waals surface area (Å²) in [5.74, 6) is 0. The van der Waals surface area contributed by atoms with Gasteiger partial charge in [0, 0.05) is 6.54 Å². The van der Waals surface area contributed by atoms with Gasteiger partial charge in [-0.05, 0) is 12.1 Å². The number of hydrogen-bond acceptors (Lipinski definition) is 4. The number of rotatable bonds is 1. The summed E-state index contributed by atoms with van der Waals surface area (Å²) in [6, 6.07) is -0.570. The topological polar surface area (TPSA) is 74.3 Å². The summed E-state index contributed by atoms with van der Waals surface area (Å²) in [7, 11) is 0. The molecule has 1 aliphatic rings. The first-order valence-corrected chi connectivity index (χ1v) is 2.97. The minimum Gasteiger partial charge on any atom is -0.350 e. The minimum atomic E-state index is -0.570. The second-order valence-corrected chi connectivity index (χ2v) is 1.88. The minimum absolute atomic E-state index is 0.367. The van der Waals surface area contributed by atoms with E-state index in [1.165, 1.54) is 0 Å². The van der Waals surface area contributed by atoms with Crippen molar-refractivity contribution in [3.63, 3.8) is 0 Å². The highest BCUT2D eigenvalue weighted by Gasteiger charge is 2.17. The first kappa shape index (κ1) is 6.79. The highest BCUT2D eigenvalue weighted by Crippen LogP contribution is 2.04. The SMILES string of the molecule is CCN1CN(C(N)=O)N=N1. The van der Waals surface area contributed by atoms with Crippen LogP contribution in [0.1, 0.15) is 6.92 Å². The Morgan fingerprint density at radius 1 is 1.70 bits per heavy atom. The Bertz CT molecular complexity index is 167. The first-order valence-electron chi connectivity index (χ1n) is 2.97. The van der Waals surface area contributed by atoms with Gasteiger partial charge < -0.3 is 5.73 Å². The van der Waals surface area contributed by atoms with Crippen LogP contribution < -0.4 is 5.73 Å². The smallest absolute Gasteiger partial charge is 0.338 e. The highest BCUT2D eigenvalue weighted by atomic mass is 16.2.